The lowest BCUT2D eigenvalue weighted by atomic mass is 9.83. The van der Waals surface area contributed by atoms with Crippen molar-refractivity contribution in [1.29, 1.82) is 0 Å². The third kappa shape index (κ3) is 7.00. The van der Waals surface area contributed by atoms with Crippen molar-refractivity contribution in [2.45, 2.75) is 76.6 Å². The van der Waals surface area contributed by atoms with Crippen LogP contribution >= 0.6 is 24.0 Å². The smallest absolute Gasteiger partial charge is 0.374 e. The van der Waals surface area contributed by atoms with Crippen molar-refractivity contribution < 1.29 is 18.3 Å². The Morgan fingerprint density at radius 2 is 1.93 bits per heavy atom. The van der Waals surface area contributed by atoms with Gasteiger partial charge in [-0.05, 0) is 38.5 Å². The first-order valence-electron chi connectivity index (χ1n) is 10.5. The molecular formula is C20H35F3IN5O. The van der Waals surface area contributed by atoms with Gasteiger partial charge >= 0.3 is 6.18 Å². The summed E-state index contributed by atoms with van der Waals surface area (Å²) < 4.78 is 42.0. The Hall–Kier alpha value is -1.04. The van der Waals surface area contributed by atoms with Crippen LogP contribution in [0.25, 0.3) is 0 Å². The van der Waals surface area contributed by atoms with Gasteiger partial charge in [0, 0.05) is 45.0 Å². The van der Waals surface area contributed by atoms with E-state index in [0.29, 0.717) is 12.5 Å². The van der Waals surface area contributed by atoms with E-state index in [4.69, 9.17) is 0 Å². The van der Waals surface area contributed by atoms with Crippen molar-refractivity contribution in [3.8, 4) is 0 Å². The van der Waals surface area contributed by atoms with Gasteiger partial charge in [-0.3, -0.25) is 4.99 Å². The number of hydrogen-bond acceptors (Lipinski definition) is 3. The molecule has 0 aliphatic heterocycles. The molecule has 1 atom stereocenters. The van der Waals surface area contributed by atoms with Crippen LogP contribution in [-0.2, 0) is 12.6 Å². The molecule has 1 aliphatic rings. The fourth-order valence-corrected chi connectivity index (χ4v) is 3.99. The molecule has 1 unspecified atom stereocenters. The molecule has 1 saturated carbocycles. The van der Waals surface area contributed by atoms with E-state index in [-0.39, 0.29) is 36.6 Å². The zero-order valence-electron chi connectivity index (χ0n) is 18.0. The number of imidazole rings is 1. The number of aromatic nitrogens is 2. The summed E-state index contributed by atoms with van der Waals surface area (Å²) in [6, 6.07) is 0.275. The third-order valence-corrected chi connectivity index (χ3v) is 5.63. The number of guanidine groups is 1. The zero-order valence-corrected chi connectivity index (χ0v) is 20.3. The van der Waals surface area contributed by atoms with Crippen LogP contribution < -0.4 is 10.6 Å². The molecule has 0 amide bonds. The summed E-state index contributed by atoms with van der Waals surface area (Å²) >= 11 is 0. The summed E-state index contributed by atoms with van der Waals surface area (Å²) in [5.41, 5.74) is -3.04. The molecule has 0 aromatic carbocycles. The minimum Gasteiger partial charge on any atom is -0.374 e. The van der Waals surface area contributed by atoms with Crippen molar-refractivity contribution in [2.24, 2.45) is 18.0 Å². The molecule has 0 saturated heterocycles. The molecule has 3 N–H and O–H groups in total. The van der Waals surface area contributed by atoms with Crippen molar-refractivity contribution in [3.05, 3.63) is 18.2 Å². The van der Waals surface area contributed by atoms with Gasteiger partial charge in [0.1, 0.15) is 5.82 Å². The number of rotatable bonds is 8. The average molecular weight is 545 g/mol. The van der Waals surface area contributed by atoms with Gasteiger partial charge in [0.05, 0.1) is 0 Å². The highest BCUT2D eigenvalue weighted by Gasteiger charge is 2.57. The first-order valence-corrected chi connectivity index (χ1v) is 10.5. The lowest BCUT2D eigenvalue weighted by Crippen LogP contribution is -2.46. The summed E-state index contributed by atoms with van der Waals surface area (Å²) in [7, 11) is 1.43. The summed E-state index contributed by atoms with van der Waals surface area (Å²) in [5, 5.41) is 16.9. The Morgan fingerprint density at radius 1 is 1.27 bits per heavy atom. The SMILES string of the molecule is CCCC1CCC(NC(=NCCC(O)(c2nccn2C)C(F)(F)F)NCC)CC1.I. The third-order valence-electron chi connectivity index (χ3n) is 5.63. The Bertz CT molecular complexity index is 659. The van der Waals surface area contributed by atoms with Crippen molar-refractivity contribution in [1.82, 2.24) is 20.2 Å². The van der Waals surface area contributed by atoms with Crippen LogP contribution in [0, 0.1) is 5.92 Å². The summed E-state index contributed by atoms with van der Waals surface area (Å²) in [6.45, 7) is 4.55. The van der Waals surface area contributed by atoms with Gasteiger partial charge in [-0.2, -0.15) is 13.2 Å². The first kappa shape index (κ1) is 27.0. The standard InChI is InChI=1S/C20H34F3N5O.HI/c1-4-6-15-7-9-16(10-8-15)27-18(24-5-2)26-12-11-19(29,20(21,22)23)17-25-13-14-28(17)3;/h13-16,29H,4-12H2,1-3H3,(H2,24,26,27);1H. The predicted octanol–water partition coefficient (Wildman–Crippen LogP) is 4.09. The topological polar surface area (TPSA) is 74.5 Å². The van der Waals surface area contributed by atoms with Gasteiger partial charge < -0.3 is 20.3 Å². The molecule has 174 valence electrons. The van der Waals surface area contributed by atoms with Crippen LogP contribution in [0.5, 0.6) is 0 Å². The Labute approximate surface area is 194 Å². The van der Waals surface area contributed by atoms with Gasteiger partial charge in [0.15, 0.2) is 5.96 Å². The lowest BCUT2D eigenvalue weighted by molar-refractivity contribution is -0.272. The second-order valence-electron chi connectivity index (χ2n) is 7.88. The van der Waals surface area contributed by atoms with E-state index in [2.05, 4.69) is 27.5 Å². The largest absolute Gasteiger partial charge is 0.424 e. The molecular weight excluding hydrogens is 510 g/mol. The van der Waals surface area contributed by atoms with Gasteiger partial charge in [-0.15, -0.1) is 24.0 Å². The summed E-state index contributed by atoms with van der Waals surface area (Å²) in [5.74, 6) is 0.848. The lowest BCUT2D eigenvalue weighted by Gasteiger charge is -2.31. The van der Waals surface area contributed by atoms with E-state index in [9.17, 15) is 18.3 Å². The minimum absolute atomic E-state index is 0. The quantitative estimate of drug-likeness (QED) is 0.262. The predicted molar refractivity (Wildman–Crippen MR) is 123 cm³/mol. The monoisotopic (exact) mass is 545 g/mol. The van der Waals surface area contributed by atoms with Crippen molar-refractivity contribution in [3.63, 3.8) is 0 Å². The molecule has 1 aromatic heterocycles. The summed E-state index contributed by atoms with van der Waals surface area (Å²) in [4.78, 5) is 8.02. The molecule has 1 aliphatic carbocycles. The molecule has 0 bridgehead atoms. The second kappa shape index (κ2) is 12.1. The highest BCUT2D eigenvalue weighted by atomic mass is 127. The number of hydrogen-bond donors (Lipinski definition) is 3. The van der Waals surface area contributed by atoms with Crippen LogP contribution in [0.15, 0.2) is 17.4 Å². The number of alkyl halides is 3. The highest BCUT2D eigenvalue weighted by Crippen LogP contribution is 2.40. The molecule has 1 fully saturated rings. The van der Waals surface area contributed by atoms with Crippen LogP contribution in [0.3, 0.4) is 0 Å². The van der Waals surface area contributed by atoms with Crippen LogP contribution in [0.4, 0.5) is 13.2 Å². The molecule has 2 rings (SSSR count). The van der Waals surface area contributed by atoms with Crippen LogP contribution in [0.1, 0.15) is 64.6 Å². The molecule has 1 aromatic rings. The number of aryl methyl sites for hydroxylation is 1. The fraction of sp³-hybridized carbons (Fsp3) is 0.800. The first-order chi connectivity index (χ1) is 13.7. The van der Waals surface area contributed by atoms with E-state index < -0.39 is 24.0 Å². The number of nitrogens with one attached hydrogen (secondary N) is 2. The number of nitrogens with zero attached hydrogens (tertiary/aromatic N) is 3. The molecule has 0 radical (unpaired) electrons. The van der Waals surface area contributed by atoms with Gasteiger partial charge in [-0.1, -0.05) is 19.8 Å². The second-order valence-corrected chi connectivity index (χ2v) is 7.88. The summed E-state index contributed by atoms with van der Waals surface area (Å²) in [6.07, 6.45) is 4.05. The fourth-order valence-electron chi connectivity index (χ4n) is 3.99. The Kier molecular flexibility index (Phi) is 10.9. The maximum Gasteiger partial charge on any atom is 0.424 e. The van der Waals surface area contributed by atoms with E-state index in [0.717, 1.165) is 31.6 Å². The Balaban J connectivity index is 0.00000450. The van der Waals surface area contributed by atoms with E-state index >= 15 is 0 Å². The van der Waals surface area contributed by atoms with Gasteiger partial charge in [0.25, 0.3) is 0 Å². The van der Waals surface area contributed by atoms with E-state index in [1.54, 1.807) is 0 Å². The number of aliphatic imine (C=N–C) groups is 1. The highest BCUT2D eigenvalue weighted by molar-refractivity contribution is 14.0. The molecule has 10 heteroatoms. The molecule has 0 spiro atoms. The number of aliphatic hydroxyl groups is 1. The zero-order chi connectivity index (χ0) is 21.5. The van der Waals surface area contributed by atoms with Crippen LogP contribution in [-0.4, -0.2) is 45.9 Å². The maximum atomic E-state index is 13.6. The van der Waals surface area contributed by atoms with Crippen LogP contribution in [0.2, 0.25) is 0 Å². The van der Waals surface area contributed by atoms with E-state index in [1.807, 2.05) is 6.92 Å². The maximum absolute atomic E-state index is 13.6. The van der Waals surface area contributed by atoms with Crippen molar-refractivity contribution in [2.75, 3.05) is 13.1 Å². The Morgan fingerprint density at radius 3 is 2.43 bits per heavy atom. The van der Waals surface area contributed by atoms with Crippen molar-refractivity contribution >= 4 is 29.9 Å². The van der Waals surface area contributed by atoms with Gasteiger partial charge in [-0.25, -0.2) is 4.98 Å². The molecule has 30 heavy (non-hydrogen) atoms. The minimum atomic E-state index is -4.84. The van der Waals surface area contributed by atoms with E-state index in [1.165, 1.54) is 36.9 Å². The normalized spacial score (nSPS) is 22.2. The number of halogens is 4. The average Bonchev–Trinajstić information content (AvgIpc) is 3.09. The molecule has 6 nitrogen and oxygen atoms in total. The van der Waals surface area contributed by atoms with Gasteiger partial charge in [0.2, 0.25) is 5.60 Å². The molecule has 1 heterocycles.